The average molecular weight is 534 g/mol. The van der Waals surface area contributed by atoms with Gasteiger partial charge in [-0.3, -0.25) is 9.55 Å². The number of hydrogen-bond donors (Lipinski definition) is 0. The molecule has 0 radical (unpaired) electrons. The molecule has 2 fully saturated rings. The molecule has 3 unspecified atom stereocenters. The van der Waals surface area contributed by atoms with E-state index in [2.05, 4.69) is 14.9 Å². The van der Waals surface area contributed by atoms with E-state index in [1.54, 1.807) is 10.6 Å². The molecule has 2 aromatic heterocycles. The molecule has 4 heterocycles. The van der Waals surface area contributed by atoms with E-state index in [0.29, 0.717) is 24.6 Å². The van der Waals surface area contributed by atoms with Crippen molar-refractivity contribution in [1.29, 1.82) is 0 Å². The fourth-order valence-corrected chi connectivity index (χ4v) is 5.92. The van der Waals surface area contributed by atoms with Crippen molar-refractivity contribution < 1.29 is 31.4 Å². The van der Waals surface area contributed by atoms with E-state index in [9.17, 15) is 26.7 Å². The van der Waals surface area contributed by atoms with E-state index in [4.69, 9.17) is 9.47 Å². The summed E-state index contributed by atoms with van der Waals surface area (Å²) in [5.41, 5.74) is -1.60. The topological polar surface area (TPSA) is 69.5 Å². The normalized spacial score (nSPS) is 22.1. The summed E-state index contributed by atoms with van der Waals surface area (Å²) < 4.78 is 80.3. The third-order valence-corrected chi connectivity index (χ3v) is 7.50. The van der Waals surface area contributed by atoms with Crippen LogP contribution >= 0.6 is 0 Å². The molecule has 1 saturated heterocycles. The first-order chi connectivity index (χ1) is 18.2. The Bertz CT molecular complexity index is 1420. The number of aromatic nitrogens is 3. The number of ether oxygens (including phenoxy) is 2. The Hall–Kier alpha value is -3.70. The number of benzene rings is 1. The van der Waals surface area contributed by atoms with Crippen LogP contribution in [-0.2, 0) is 19.3 Å². The molecule has 3 aliphatic rings. The van der Waals surface area contributed by atoms with Gasteiger partial charge < -0.3 is 14.4 Å². The largest absolute Gasteiger partial charge is 0.473 e. The molecule has 7 nitrogen and oxygen atoms in total. The summed E-state index contributed by atoms with van der Waals surface area (Å²) in [5, 5.41) is 0. The van der Waals surface area contributed by atoms with Gasteiger partial charge in [0.1, 0.15) is 23.9 Å². The van der Waals surface area contributed by atoms with Gasteiger partial charge in [-0.15, -0.1) is 0 Å². The first-order valence-corrected chi connectivity index (χ1v) is 12.4. The van der Waals surface area contributed by atoms with E-state index in [-0.39, 0.29) is 24.1 Å². The summed E-state index contributed by atoms with van der Waals surface area (Å²) in [6.45, 7) is 0.307. The van der Waals surface area contributed by atoms with E-state index in [1.165, 1.54) is 12.8 Å². The van der Waals surface area contributed by atoms with Crippen LogP contribution in [0.2, 0.25) is 0 Å². The lowest BCUT2D eigenvalue weighted by molar-refractivity contribution is -0.141. The summed E-state index contributed by atoms with van der Waals surface area (Å²) in [6.07, 6.45) is 1.81. The van der Waals surface area contributed by atoms with Crippen LogP contribution in [0.4, 0.5) is 27.8 Å². The summed E-state index contributed by atoms with van der Waals surface area (Å²) in [5.74, 6) is -2.09. The van der Waals surface area contributed by atoms with E-state index < -0.39 is 40.7 Å². The molecule has 12 heteroatoms. The van der Waals surface area contributed by atoms with E-state index >= 15 is 0 Å². The summed E-state index contributed by atoms with van der Waals surface area (Å²) >= 11 is 0. The van der Waals surface area contributed by atoms with Crippen molar-refractivity contribution in [1.82, 2.24) is 14.5 Å². The second-order valence-electron chi connectivity index (χ2n) is 9.91. The van der Waals surface area contributed by atoms with Gasteiger partial charge in [0.25, 0.3) is 0 Å². The van der Waals surface area contributed by atoms with Crippen molar-refractivity contribution in [3.05, 3.63) is 69.9 Å². The van der Waals surface area contributed by atoms with Gasteiger partial charge in [-0.25, -0.2) is 13.6 Å². The predicted octanol–water partition coefficient (Wildman–Crippen LogP) is 5.46. The highest BCUT2D eigenvalue weighted by molar-refractivity contribution is 5.50. The molecule has 1 aromatic carbocycles. The number of hydrogen-bond acceptors (Lipinski definition) is 6. The number of fused-ring (bicyclic) bond motifs is 5. The molecular weight excluding hydrogens is 511 g/mol. The lowest BCUT2D eigenvalue weighted by Crippen LogP contribution is -2.36. The maximum absolute atomic E-state index is 14.7. The lowest BCUT2D eigenvalue weighted by atomic mass is 9.84. The number of halogens is 5. The van der Waals surface area contributed by atoms with E-state index in [1.807, 2.05) is 0 Å². The number of anilines is 1. The van der Waals surface area contributed by atoms with Gasteiger partial charge >= 0.3 is 11.9 Å². The maximum atomic E-state index is 14.7. The molecule has 0 N–H and O–H groups in total. The number of nitrogens with zero attached hydrogens (tertiary/aromatic N) is 4. The van der Waals surface area contributed by atoms with Gasteiger partial charge in [-0.2, -0.15) is 18.2 Å². The van der Waals surface area contributed by atoms with Crippen LogP contribution < -0.4 is 20.1 Å². The Morgan fingerprint density at radius 1 is 1.05 bits per heavy atom. The van der Waals surface area contributed by atoms with Crippen molar-refractivity contribution in [2.75, 3.05) is 4.90 Å². The number of rotatable bonds is 5. The van der Waals surface area contributed by atoms with Crippen LogP contribution in [0.3, 0.4) is 0 Å². The average Bonchev–Trinajstić information content (AvgIpc) is 3.41. The minimum atomic E-state index is -4.74. The summed E-state index contributed by atoms with van der Waals surface area (Å²) in [7, 11) is 0. The van der Waals surface area contributed by atoms with Gasteiger partial charge in [0.05, 0.1) is 0 Å². The molecular formula is C26H23F5N4O3. The van der Waals surface area contributed by atoms with Gasteiger partial charge in [0.15, 0.2) is 17.4 Å². The minimum Gasteiger partial charge on any atom is -0.473 e. The Morgan fingerprint density at radius 2 is 1.82 bits per heavy atom. The zero-order chi connectivity index (χ0) is 26.6. The predicted molar refractivity (Wildman–Crippen MR) is 125 cm³/mol. The quantitative estimate of drug-likeness (QED) is 0.405. The Labute approximate surface area is 213 Å². The fraction of sp³-hybridized carbons (Fsp3) is 0.423. The van der Waals surface area contributed by atoms with E-state index in [0.717, 1.165) is 49.5 Å². The SMILES string of the molecule is O=c1nc(OCc2cc(F)c(Oc3ccnc(C(F)(F)F)c3)c(F)c2)cc2n1CC1CC3CCCCC3N21. The molecule has 3 aromatic rings. The van der Waals surface area contributed by atoms with Gasteiger partial charge in [-0.05, 0) is 48.9 Å². The highest BCUT2D eigenvalue weighted by Crippen LogP contribution is 2.45. The third-order valence-electron chi connectivity index (χ3n) is 7.50. The molecule has 6 rings (SSSR count). The lowest BCUT2D eigenvalue weighted by Gasteiger charge is -2.32. The second kappa shape index (κ2) is 9.25. The zero-order valence-corrected chi connectivity index (χ0v) is 20.0. The van der Waals surface area contributed by atoms with Gasteiger partial charge in [0, 0.05) is 37.0 Å². The first-order valence-electron chi connectivity index (χ1n) is 12.4. The van der Waals surface area contributed by atoms with Crippen LogP contribution in [-0.4, -0.2) is 26.6 Å². The molecule has 1 saturated carbocycles. The van der Waals surface area contributed by atoms with Crippen molar-refractivity contribution in [2.45, 2.75) is 63.5 Å². The third kappa shape index (κ3) is 4.45. The number of pyridine rings is 1. The van der Waals surface area contributed by atoms with Crippen LogP contribution in [0.5, 0.6) is 17.4 Å². The minimum absolute atomic E-state index is 0.0544. The molecule has 0 spiro atoms. The first kappa shape index (κ1) is 24.6. The maximum Gasteiger partial charge on any atom is 0.433 e. The molecule has 3 atom stereocenters. The highest BCUT2D eigenvalue weighted by atomic mass is 19.4. The standard InChI is InChI=1S/C26H23F5N4O3/c27-18-7-14(8-19(28)24(18)38-17-5-6-32-21(10-17)26(29,30)31)13-37-22-11-23-34(25(36)33-22)12-16-9-15-3-1-2-4-20(15)35(16)23/h5-8,10-11,15-16,20H,1-4,9,12-13H2. The molecule has 2 aliphatic heterocycles. The van der Waals surface area contributed by atoms with Gasteiger partial charge in [0.2, 0.25) is 5.88 Å². The smallest absolute Gasteiger partial charge is 0.433 e. The second-order valence-corrected chi connectivity index (χ2v) is 9.91. The monoisotopic (exact) mass is 534 g/mol. The van der Waals surface area contributed by atoms with Gasteiger partial charge in [-0.1, -0.05) is 12.8 Å². The number of alkyl halides is 3. The molecule has 38 heavy (non-hydrogen) atoms. The molecule has 0 bridgehead atoms. The van der Waals surface area contributed by atoms with Crippen LogP contribution in [0, 0.1) is 17.6 Å². The molecule has 200 valence electrons. The van der Waals surface area contributed by atoms with Crippen LogP contribution in [0.25, 0.3) is 0 Å². The van der Waals surface area contributed by atoms with Crippen molar-refractivity contribution in [3.63, 3.8) is 0 Å². The fourth-order valence-electron chi connectivity index (χ4n) is 5.92. The van der Waals surface area contributed by atoms with Crippen molar-refractivity contribution in [3.8, 4) is 17.4 Å². The zero-order valence-electron chi connectivity index (χ0n) is 20.0. The Morgan fingerprint density at radius 3 is 2.58 bits per heavy atom. The van der Waals surface area contributed by atoms with Crippen LogP contribution in [0.15, 0.2) is 41.3 Å². The molecule has 0 amide bonds. The summed E-state index contributed by atoms with van der Waals surface area (Å²) in [4.78, 5) is 22.2. The highest BCUT2D eigenvalue weighted by Gasteiger charge is 2.46. The molecule has 1 aliphatic carbocycles. The van der Waals surface area contributed by atoms with Crippen molar-refractivity contribution in [2.24, 2.45) is 5.92 Å². The summed E-state index contributed by atoms with van der Waals surface area (Å²) in [6, 6.07) is 5.86. The van der Waals surface area contributed by atoms with Crippen molar-refractivity contribution >= 4 is 5.82 Å². The Balaban J connectivity index is 1.18. The van der Waals surface area contributed by atoms with Crippen LogP contribution in [0.1, 0.15) is 43.4 Å². The Kier molecular flexibility index (Phi) is 5.99.